The van der Waals surface area contributed by atoms with Crippen LogP contribution in [0.5, 0.6) is 0 Å². The lowest BCUT2D eigenvalue weighted by atomic mass is 10.2. The van der Waals surface area contributed by atoms with Gasteiger partial charge in [-0.3, -0.25) is 14.0 Å². The first-order valence-electron chi connectivity index (χ1n) is 9.58. The minimum Gasteiger partial charge on any atom is -0.454 e. The second-order valence-corrected chi connectivity index (χ2v) is 14.9. The summed E-state index contributed by atoms with van der Waals surface area (Å²) in [6.45, 7) is -2.74. The molecule has 0 saturated heterocycles. The number of hydrogen-bond donors (Lipinski definition) is 0. The lowest BCUT2D eigenvalue weighted by molar-refractivity contribution is -0.158. The number of rotatable bonds is 11. The first-order valence-corrected chi connectivity index (χ1v) is 15.5. The summed E-state index contributed by atoms with van der Waals surface area (Å²) in [5.41, 5.74) is -5.21. The SMILES string of the molecule is CCC(C)SP(=O)(N(C)C(=O)C(=O)OCc1ccccc1)N(CCSC)S(=O)(=O)C(F)(F)F. The van der Waals surface area contributed by atoms with Gasteiger partial charge in [-0.1, -0.05) is 55.6 Å². The number of esters is 1. The van der Waals surface area contributed by atoms with Crippen molar-refractivity contribution in [2.75, 3.05) is 25.6 Å². The summed E-state index contributed by atoms with van der Waals surface area (Å²) in [6, 6.07) is 8.28. The molecule has 0 aliphatic rings. The van der Waals surface area contributed by atoms with Crippen LogP contribution in [0.3, 0.4) is 0 Å². The van der Waals surface area contributed by atoms with E-state index in [2.05, 4.69) is 0 Å². The Kier molecular flexibility index (Phi) is 11.3. The first kappa shape index (κ1) is 29.8. The van der Waals surface area contributed by atoms with Crippen molar-refractivity contribution in [2.24, 2.45) is 0 Å². The van der Waals surface area contributed by atoms with Gasteiger partial charge in [0.05, 0.1) is 0 Å². The summed E-state index contributed by atoms with van der Waals surface area (Å²) in [5, 5.41) is -0.591. The fourth-order valence-electron chi connectivity index (χ4n) is 2.28. The van der Waals surface area contributed by atoms with E-state index < -0.39 is 45.8 Å². The van der Waals surface area contributed by atoms with Gasteiger partial charge in [0.15, 0.2) is 0 Å². The van der Waals surface area contributed by atoms with Crippen LogP contribution >= 0.6 is 29.8 Å². The first-order chi connectivity index (χ1) is 15.2. The number of benzene rings is 1. The highest BCUT2D eigenvalue weighted by Crippen LogP contribution is 2.67. The van der Waals surface area contributed by atoms with Gasteiger partial charge in [-0.2, -0.15) is 24.9 Å². The number of thioether (sulfide) groups is 1. The Labute approximate surface area is 199 Å². The Morgan fingerprint density at radius 1 is 1.21 bits per heavy atom. The topological polar surface area (TPSA) is 101 Å². The predicted octanol–water partition coefficient (Wildman–Crippen LogP) is 4.34. The highest BCUT2D eigenvalue weighted by atomic mass is 32.7. The maximum Gasteiger partial charge on any atom is 0.512 e. The average molecular weight is 551 g/mol. The van der Waals surface area contributed by atoms with Crippen LogP contribution in [-0.4, -0.2) is 65.4 Å². The summed E-state index contributed by atoms with van der Waals surface area (Å²) in [7, 11) is -5.26. The van der Waals surface area contributed by atoms with Gasteiger partial charge in [-0.25, -0.2) is 13.2 Å². The molecule has 1 aromatic rings. The normalized spacial score (nSPS) is 15.0. The van der Waals surface area contributed by atoms with Gasteiger partial charge in [0.25, 0.3) is 0 Å². The molecule has 0 fully saturated rings. The number of amides is 1. The number of hydrogen-bond acceptors (Lipinski definition) is 8. The molecule has 0 spiro atoms. The van der Waals surface area contributed by atoms with Gasteiger partial charge in [0.1, 0.15) is 6.61 Å². The second kappa shape index (κ2) is 12.5. The van der Waals surface area contributed by atoms with E-state index in [1.54, 1.807) is 37.3 Å². The van der Waals surface area contributed by atoms with Crippen molar-refractivity contribution in [1.29, 1.82) is 0 Å². The van der Waals surface area contributed by atoms with Crippen molar-refractivity contribution in [2.45, 2.75) is 37.6 Å². The lowest BCUT2D eigenvalue weighted by Gasteiger charge is -2.36. The van der Waals surface area contributed by atoms with E-state index in [9.17, 15) is 35.7 Å². The van der Waals surface area contributed by atoms with Gasteiger partial charge < -0.3 is 4.74 Å². The van der Waals surface area contributed by atoms with E-state index in [-0.39, 0.29) is 21.1 Å². The minimum absolute atomic E-state index is 0.124. The quantitative estimate of drug-likeness (QED) is 0.228. The maximum absolute atomic E-state index is 13.9. The molecule has 188 valence electrons. The Morgan fingerprint density at radius 2 is 1.79 bits per heavy atom. The molecule has 2 unspecified atom stereocenters. The second-order valence-electron chi connectivity index (χ2n) is 6.69. The lowest BCUT2D eigenvalue weighted by Crippen LogP contribution is -2.44. The standard InChI is InChI=1S/C18H26F3N2O6PS3/c1-5-14(2)32-30(26,23(11-12-31-4)33(27,28)18(19,20)21)22(3)16(24)17(25)29-13-15-9-7-6-8-10-15/h6-10,14H,5,11-13H2,1-4H3. The molecule has 0 aromatic heterocycles. The summed E-state index contributed by atoms with van der Waals surface area (Å²) < 4.78 is 83.8. The molecule has 0 heterocycles. The van der Waals surface area contributed by atoms with Gasteiger partial charge in [-0.05, 0) is 18.2 Å². The molecule has 0 aliphatic carbocycles. The summed E-state index contributed by atoms with van der Waals surface area (Å²) in [5.74, 6) is -3.11. The van der Waals surface area contributed by atoms with Crippen molar-refractivity contribution >= 4 is 51.7 Å². The number of alkyl halides is 3. The molecular weight excluding hydrogens is 524 g/mol. The molecule has 0 bridgehead atoms. The molecule has 2 atom stereocenters. The zero-order valence-electron chi connectivity index (χ0n) is 18.4. The summed E-state index contributed by atoms with van der Waals surface area (Å²) in [6.07, 6.45) is 1.85. The fraction of sp³-hybridized carbons (Fsp3) is 0.556. The fourth-order valence-corrected chi connectivity index (χ4v) is 11.2. The molecule has 0 saturated carbocycles. The van der Waals surface area contributed by atoms with E-state index in [0.29, 0.717) is 23.4 Å². The van der Waals surface area contributed by atoms with Crippen LogP contribution in [0.2, 0.25) is 0 Å². The van der Waals surface area contributed by atoms with E-state index >= 15 is 0 Å². The van der Waals surface area contributed by atoms with Crippen molar-refractivity contribution in [1.82, 2.24) is 8.75 Å². The summed E-state index contributed by atoms with van der Waals surface area (Å²) >= 11 is 1.44. The van der Waals surface area contributed by atoms with Crippen molar-refractivity contribution in [3.05, 3.63) is 35.9 Å². The van der Waals surface area contributed by atoms with Crippen LogP contribution in [0.25, 0.3) is 0 Å². The van der Waals surface area contributed by atoms with E-state index in [1.807, 2.05) is 0 Å². The van der Waals surface area contributed by atoms with Crippen LogP contribution in [0.4, 0.5) is 13.2 Å². The molecule has 15 heteroatoms. The molecular formula is C18H26F3N2O6PS3. The van der Waals surface area contributed by atoms with Crippen molar-refractivity contribution in [3.63, 3.8) is 0 Å². The number of sulfonamides is 1. The maximum atomic E-state index is 13.9. The van der Waals surface area contributed by atoms with Crippen LogP contribution in [0.15, 0.2) is 30.3 Å². The van der Waals surface area contributed by atoms with Gasteiger partial charge in [0.2, 0.25) is 0 Å². The van der Waals surface area contributed by atoms with Crippen LogP contribution < -0.4 is 0 Å². The largest absolute Gasteiger partial charge is 0.512 e. The zero-order chi connectivity index (χ0) is 25.4. The van der Waals surface area contributed by atoms with Crippen LogP contribution in [0, 0.1) is 0 Å². The third-order valence-corrected chi connectivity index (χ3v) is 13.7. The van der Waals surface area contributed by atoms with Crippen molar-refractivity contribution < 1.29 is 40.5 Å². The van der Waals surface area contributed by atoms with Gasteiger partial charge in [-0.15, -0.1) is 4.08 Å². The molecule has 1 aromatic carbocycles. The number of likely N-dealkylation sites (N-methyl/N-ethyl adjacent to an activating group) is 1. The van der Waals surface area contributed by atoms with Crippen molar-refractivity contribution in [3.8, 4) is 0 Å². The number of nitrogens with zero attached hydrogens (tertiary/aromatic N) is 2. The Balaban J connectivity index is 3.36. The molecule has 8 nitrogen and oxygen atoms in total. The zero-order valence-corrected chi connectivity index (χ0v) is 21.8. The Bertz CT molecular complexity index is 963. The third-order valence-electron chi connectivity index (χ3n) is 4.29. The van der Waals surface area contributed by atoms with Gasteiger partial charge >= 0.3 is 34.1 Å². The van der Waals surface area contributed by atoms with E-state index in [1.165, 1.54) is 13.2 Å². The molecule has 0 aliphatic heterocycles. The molecule has 0 N–H and O–H groups in total. The molecule has 1 amide bonds. The monoisotopic (exact) mass is 550 g/mol. The highest BCUT2D eigenvalue weighted by molar-refractivity contribution is 8.58. The number of halogens is 3. The van der Waals surface area contributed by atoms with Crippen LogP contribution in [0.1, 0.15) is 25.8 Å². The van der Waals surface area contributed by atoms with Crippen LogP contribution in [-0.2, 0) is 35.5 Å². The predicted molar refractivity (Wildman–Crippen MR) is 124 cm³/mol. The molecule has 33 heavy (non-hydrogen) atoms. The Hall–Kier alpha value is -1.21. The number of carbonyl (C=O) groups excluding carboxylic acids is 2. The smallest absolute Gasteiger partial charge is 0.454 e. The van der Waals surface area contributed by atoms with E-state index in [0.717, 1.165) is 18.8 Å². The number of carbonyl (C=O) groups is 2. The Morgan fingerprint density at radius 3 is 2.27 bits per heavy atom. The van der Waals surface area contributed by atoms with E-state index in [4.69, 9.17) is 4.74 Å². The highest BCUT2D eigenvalue weighted by Gasteiger charge is 2.58. The average Bonchev–Trinajstić information content (AvgIpc) is 2.76. The molecule has 0 radical (unpaired) electrons. The summed E-state index contributed by atoms with van der Waals surface area (Å²) in [4.78, 5) is 25.0. The third kappa shape index (κ3) is 7.64. The van der Waals surface area contributed by atoms with Gasteiger partial charge in [0, 0.05) is 24.6 Å². The number of ether oxygens (including phenoxy) is 1. The minimum atomic E-state index is -6.09. The molecule has 1 rings (SSSR count).